The van der Waals surface area contributed by atoms with Crippen molar-refractivity contribution in [2.24, 2.45) is 0 Å². The van der Waals surface area contributed by atoms with Gasteiger partial charge in [0.1, 0.15) is 0 Å². The molecule has 1 amide bonds. The Morgan fingerprint density at radius 2 is 1.43 bits per heavy atom. The lowest BCUT2D eigenvalue weighted by molar-refractivity contribution is 0.0386. The van der Waals surface area contributed by atoms with Crippen LogP contribution in [0.15, 0.2) is 71.2 Å². The van der Waals surface area contributed by atoms with Gasteiger partial charge in [0.05, 0.1) is 0 Å². The second kappa shape index (κ2) is 9.43. The van der Waals surface area contributed by atoms with E-state index in [0.29, 0.717) is 11.1 Å². The zero-order valence-electron chi connectivity index (χ0n) is 17.6. The zero-order valence-corrected chi connectivity index (χ0v) is 19.2. The molecule has 3 aromatic carbocycles. The van der Waals surface area contributed by atoms with Crippen molar-refractivity contribution in [3.05, 3.63) is 82.3 Å². The summed E-state index contributed by atoms with van der Waals surface area (Å²) in [4.78, 5) is 28.2. The Balaban J connectivity index is 2.07. The standard InChI is InChI=1S/C25H26BrNO3/c1-16(2)27(17(3)4)25(29)30-24(23(28)19-12-14-20(26)15-13-19)22-11-7-9-18-8-5-6-10-21(18)22/h5-17,24H,1-4H3/t24-/m1/s1. The van der Waals surface area contributed by atoms with Crippen LogP contribution in [0.1, 0.15) is 49.7 Å². The summed E-state index contributed by atoms with van der Waals surface area (Å²) in [6, 6.07) is 20.5. The van der Waals surface area contributed by atoms with Crippen molar-refractivity contribution in [2.75, 3.05) is 0 Å². The van der Waals surface area contributed by atoms with E-state index >= 15 is 0 Å². The van der Waals surface area contributed by atoms with Gasteiger partial charge in [0.15, 0.2) is 6.10 Å². The molecule has 0 aromatic heterocycles. The molecule has 0 aliphatic rings. The van der Waals surface area contributed by atoms with Gasteiger partial charge in [-0.1, -0.05) is 70.5 Å². The molecule has 3 aromatic rings. The Labute approximate surface area is 186 Å². The van der Waals surface area contributed by atoms with Crippen LogP contribution < -0.4 is 0 Å². The molecule has 4 nitrogen and oxygen atoms in total. The highest BCUT2D eigenvalue weighted by Gasteiger charge is 2.31. The molecule has 0 heterocycles. The maximum Gasteiger partial charge on any atom is 0.411 e. The number of fused-ring (bicyclic) bond motifs is 1. The van der Waals surface area contributed by atoms with E-state index < -0.39 is 12.2 Å². The molecule has 0 saturated carbocycles. The summed E-state index contributed by atoms with van der Waals surface area (Å²) in [6.45, 7) is 7.74. The van der Waals surface area contributed by atoms with Crippen molar-refractivity contribution in [2.45, 2.75) is 45.9 Å². The summed E-state index contributed by atoms with van der Waals surface area (Å²) in [6.07, 6.45) is -1.53. The molecule has 156 valence electrons. The molecule has 0 fully saturated rings. The highest BCUT2D eigenvalue weighted by molar-refractivity contribution is 9.10. The fourth-order valence-corrected chi connectivity index (χ4v) is 3.95. The van der Waals surface area contributed by atoms with Gasteiger partial charge in [0.25, 0.3) is 0 Å². The van der Waals surface area contributed by atoms with E-state index in [4.69, 9.17) is 4.74 Å². The van der Waals surface area contributed by atoms with E-state index in [9.17, 15) is 9.59 Å². The summed E-state index contributed by atoms with van der Waals surface area (Å²) in [5.41, 5.74) is 1.17. The van der Waals surface area contributed by atoms with Gasteiger partial charge in [0.2, 0.25) is 5.78 Å². The third kappa shape index (κ3) is 4.73. The lowest BCUT2D eigenvalue weighted by atomic mass is 9.95. The largest absolute Gasteiger partial charge is 0.433 e. The summed E-state index contributed by atoms with van der Waals surface area (Å²) in [5, 5.41) is 1.88. The number of rotatable bonds is 6. The maximum absolute atomic E-state index is 13.5. The smallest absolute Gasteiger partial charge is 0.411 e. The van der Waals surface area contributed by atoms with E-state index in [1.165, 1.54) is 0 Å². The first-order valence-corrected chi connectivity index (χ1v) is 10.8. The van der Waals surface area contributed by atoms with Crippen molar-refractivity contribution in [3.63, 3.8) is 0 Å². The van der Waals surface area contributed by atoms with Gasteiger partial charge >= 0.3 is 6.09 Å². The minimum absolute atomic E-state index is 0.0477. The Morgan fingerprint density at radius 3 is 2.07 bits per heavy atom. The molecule has 3 rings (SSSR count). The fraction of sp³-hybridized carbons (Fsp3) is 0.280. The van der Waals surface area contributed by atoms with Gasteiger partial charge in [-0.25, -0.2) is 4.79 Å². The molecule has 30 heavy (non-hydrogen) atoms. The average molecular weight is 468 g/mol. The van der Waals surface area contributed by atoms with Crippen LogP contribution >= 0.6 is 15.9 Å². The highest BCUT2D eigenvalue weighted by atomic mass is 79.9. The number of ketones is 1. The van der Waals surface area contributed by atoms with Gasteiger partial charge in [-0.3, -0.25) is 4.79 Å². The third-order valence-electron chi connectivity index (χ3n) is 5.01. The average Bonchev–Trinajstić information content (AvgIpc) is 2.71. The Kier molecular flexibility index (Phi) is 6.93. The first-order chi connectivity index (χ1) is 14.3. The number of halogens is 1. The lowest BCUT2D eigenvalue weighted by Gasteiger charge is -2.31. The number of amides is 1. The number of carbonyl (C=O) groups excluding carboxylic acids is 2. The number of Topliss-reactive ketones (excluding diaryl/α,β-unsaturated/α-hetero) is 1. The number of ether oxygens (including phenoxy) is 1. The van der Waals surface area contributed by atoms with Gasteiger partial charge in [0, 0.05) is 27.7 Å². The van der Waals surface area contributed by atoms with Crippen LogP contribution in [0.3, 0.4) is 0 Å². The van der Waals surface area contributed by atoms with Crippen LogP contribution in [0.2, 0.25) is 0 Å². The molecule has 0 aliphatic carbocycles. The Morgan fingerprint density at radius 1 is 0.833 bits per heavy atom. The highest BCUT2D eigenvalue weighted by Crippen LogP contribution is 2.31. The predicted molar refractivity (Wildman–Crippen MR) is 124 cm³/mol. The number of benzene rings is 3. The van der Waals surface area contributed by atoms with Gasteiger partial charge < -0.3 is 9.64 Å². The van der Waals surface area contributed by atoms with Crippen LogP contribution in [0.25, 0.3) is 10.8 Å². The number of hydrogen-bond donors (Lipinski definition) is 0. The van der Waals surface area contributed by atoms with Crippen LogP contribution in [0, 0.1) is 0 Å². The van der Waals surface area contributed by atoms with Crippen LogP contribution in [0.5, 0.6) is 0 Å². The van der Waals surface area contributed by atoms with Crippen molar-refractivity contribution in [1.82, 2.24) is 4.90 Å². The van der Waals surface area contributed by atoms with Crippen molar-refractivity contribution in [3.8, 4) is 0 Å². The number of nitrogens with zero attached hydrogens (tertiary/aromatic N) is 1. The second-order valence-corrected chi connectivity index (χ2v) is 8.71. The Hall–Kier alpha value is -2.66. The first-order valence-electron chi connectivity index (χ1n) is 10.1. The normalized spacial score (nSPS) is 12.2. The molecular weight excluding hydrogens is 442 g/mol. The summed E-state index contributed by atoms with van der Waals surface area (Å²) < 4.78 is 6.78. The maximum atomic E-state index is 13.5. The van der Waals surface area contributed by atoms with Crippen LogP contribution in [-0.2, 0) is 4.74 Å². The second-order valence-electron chi connectivity index (χ2n) is 7.80. The predicted octanol–water partition coefficient (Wildman–Crippen LogP) is 6.78. The van der Waals surface area contributed by atoms with Gasteiger partial charge in [-0.05, 0) is 50.6 Å². The summed E-state index contributed by atoms with van der Waals surface area (Å²) in [7, 11) is 0. The first kappa shape index (κ1) is 22.0. The number of hydrogen-bond acceptors (Lipinski definition) is 3. The third-order valence-corrected chi connectivity index (χ3v) is 5.54. The molecule has 0 radical (unpaired) electrons. The molecule has 0 bridgehead atoms. The van der Waals surface area contributed by atoms with E-state index in [1.807, 2.05) is 82.3 Å². The van der Waals surface area contributed by atoms with Crippen molar-refractivity contribution >= 4 is 38.6 Å². The molecule has 5 heteroatoms. The zero-order chi connectivity index (χ0) is 21.8. The van der Waals surface area contributed by atoms with E-state index in [0.717, 1.165) is 15.2 Å². The van der Waals surface area contributed by atoms with Crippen molar-refractivity contribution < 1.29 is 14.3 Å². The van der Waals surface area contributed by atoms with E-state index in [-0.39, 0.29) is 17.9 Å². The molecule has 0 spiro atoms. The fourth-order valence-electron chi connectivity index (χ4n) is 3.68. The summed E-state index contributed by atoms with van der Waals surface area (Å²) >= 11 is 3.40. The molecule has 0 N–H and O–H groups in total. The molecule has 0 saturated heterocycles. The van der Waals surface area contributed by atoms with Crippen LogP contribution in [0.4, 0.5) is 4.79 Å². The van der Waals surface area contributed by atoms with Gasteiger partial charge in [-0.2, -0.15) is 0 Å². The van der Waals surface area contributed by atoms with Crippen molar-refractivity contribution in [1.29, 1.82) is 0 Å². The monoisotopic (exact) mass is 467 g/mol. The topological polar surface area (TPSA) is 46.6 Å². The minimum Gasteiger partial charge on any atom is -0.433 e. The quantitative estimate of drug-likeness (QED) is 0.375. The van der Waals surface area contributed by atoms with Crippen LogP contribution in [-0.4, -0.2) is 28.9 Å². The SMILES string of the molecule is CC(C)N(C(=O)O[C@@H](C(=O)c1ccc(Br)cc1)c1cccc2ccccc12)C(C)C. The molecule has 0 aliphatic heterocycles. The molecular formula is C25H26BrNO3. The number of carbonyl (C=O) groups is 2. The molecule has 1 atom stereocenters. The Bertz CT molecular complexity index is 1030. The van der Waals surface area contributed by atoms with E-state index in [2.05, 4.69) is 15.9 Å². The summed E-state index contributed by atoms with van der Waals surface area (Å²) in [5.74, 6) is -0.250. The lowest BCUT2D eigenvalue weighted by Crippen LogP contribution is -2.43. The minimum atomic E-state index is -1.04. The molecule has 0 unspecified atom stereocenters. The van der Waals surface area contributed by atoms with E-state index in [1.54, 1.807) is 17.0 Å². The van der Waals surface area contributed by atoms with Gasteiger partial charge in [-0.15, -0.1) is 0 Å².